The summed E-state index contributed by atoms with van der Waals surface area (Å²) in [6.07, 6.45) is 1.15. The number of hydrogen-bond acceptors (Lipinski definition) is 3. The lowest BCUT2D eigenvalue weighted by Crippen LogP contribution is -2.14. The molecule has 1 aromatic rings. The van der Waals surface area contributed by atoms with Gasteiger partial charge in [0, 0.05) is 6.54 Å². The van der Waals surface area contributed by atoms with Gasteiger partial charge in [-0.05, 0) is 42.8 Å². The quantitative estimate of drug-likeness (QED) is 0.762. The van der Waals surface area contributed by atoms with Crippen LogP contribution in [0.3, 0.4) is 0 Å². The van der Waals surface area contributed by atoms with E-state index in [0.717, 1.165) is 19.5 Å². The SMILES string of the molecule is Cc1ccsc1NCCC(C)CN. The van der Waals surface area contributed by atoms with E-state index in [9.17, 15) is 0 Å². The molecule has 0 aliphatic carbocycles. The third kappa shape index (κ3) is 3.36. The van der Waals surface area contributed by atoms with Crippen LogP contribution in [0.1, 0.15) is 18.9 Å². The van der Waals surface area contributed by atoms with Crippen LogP contribution in [-0.2, 0) is 0 Å². The van der Waals surface area contributed by atoms with Crippen LogP contribution in [0.2, 0.25) is 0 Å². The van der Waals surface area contributed by atoms with E-state index >= 15 is 0 Å². The van der Waals surface area contributed by atoms with Crippen molar-refractivity contribution in [3.63, 3.8) is 0 Å². The van der Waals surface area contributed by atoms with Crippen LogP contribution in [0.15, 0.2) is 11.4 Å². The maximum Gasteiger partial charge on any atom is 0.0912 e. The average molecular weight is 198 g/mol. The first-order chi connectivity index (χ1) is 6.24. The zero-order chi connectivity index (χ0) is 9.68. The summed E-state index contributed by atoms with van der Waals surface area (Å²) < 4.78 is 0. The summed E-state index contributed by atoms with van der Waals surface area (Å²) in [5, 5.41) is 6.83. The van der Waals surface area contributed by atoms with Crippen molar-refractivity contribution >= 4 is 16.3 Å². The third-order valence-electron chi connectivity index (χ3n) is 2.19. The molecule has 74 valence electrons. The highest BCUT2D eigenvalue weighted by molar-refractivity contribution is 7.14. The molecule has 0 radical (unpaired) electrons. The Labute approximate surface area is 84.2 Å². The fourth-order valence-corrected chi connectivity index (χ4v) is 1.95. The van der Waals surface area contributed by atoms with Gasteiger partial charge in [0.2, 0.25) is 0 Å². The number of nitrogens with two attached hydrogens (primary N) is 1. The Kier molecular flexibility index (Phi) is 4.25. The zero-order valence-corrected chi connectivity index (χ0v) is 9.16. The molecule has 1 unspecified atom stereocenters. The molecule has 1 aromatic heterocycles. The summed E-state index contributed by atoms with van der Waals surface area (Å²) in [6, 6.07) is 2.14. The average Bonchev–Trinajstić information content (AvgIpc) is 2.52. The number of anilines is 1. The first-order valence-corrected chi connectivity index (χ1v) is 5.60. The molecule has 0 aromatic carbocycles. The Balaban J connectivity index is 2.24. The van der Waals surface area contributed by atoms with E-state index in [1.165, 1.54) is 10.6 Å². The Morgan fingerprint density at radius 2 is 2.38 bits per heavy atom. The van der Waals surface area contributed by atoms with Gasteiger partial charge in [-0.15, -0.1) is 11.3 Å². The van der Waals surface area contributed by atoms with E-state index in [2.05, 4.69) is 30.6 Å². The Morgan fingerprint density at radius 3 is 2.92 bits per heavy atom. The van der Waals surface area contributed by atoms with Crippen LogP contribution >= 0.6 is 11.3 Å². The number of aryl methyl sites for hydroxylation is 1. The second-order valence-electron chi connectivity index (χ2n) is 3.49. The van der Waals surface area contributed by atoms with Crippen LogP contribution in [0.4, 0.5) is 5.00 Å². The van der Waals surface area contributed by atoms with Crippen molar-refractivity contribution in [1.82, 2.24) is 0 Å². The van der Waals surface area contributed by atoms with E-state index in [1.54, 1.807) is 11.3 Å². The van der Waals surface area contributed by atoms with Crippen molar-refractivity contribution in [2.24, 2.45) is 11.7 Å². The van der Waals surface area contributed by atoms with Gasteiger partial charge in [0.05, 0.1) is 5.00 Å². The van der Waals surface area contributed by atoms with E-state index in [1.807, 2.05) is 0 Å². The Hall–Kier alpha value is -0.540. The summed E-state index contributed by atoms with van der Waals surface area (Å²) in [6.45, 7) is 6.12. The molecule has 0 aliphatic heterocycles. The van der Waals surface area contributed by atoms with Gasteiger partial charge in [0.25, 0.3) is 0 Å². The zero-order valence-electron chi connectivity index (χ0n) is 8.34. The van der Waals surface area contributed by atoms with Crippen LogP contribution in [-0.4, -0.2) is 13.1 Å². The second kappa shape index (κ2) is 5.25. The molecule has 1 rings (SSSR count). The molecule has 0 amide bonds. The number of nitrogens with one attached hydrogen (secondary N) is 1. The lowest BCUT2D eigenvalue weighted by atomic mass is 10.1. The van der Waals surface area contributed by atoms with Crippen molar-refractivity contribution in [3.8, 4) is 0 Å². The van der Waals surface area contributed by atoms with Gasteiger partial charge in [0.1, 0.15) is 0 Å². The van der Waals surface area contributed by atoms with Gasteiger partial charge >= 0.3 is 0 Å². The highest BCUT2D eigenvalue weighted by atomic mass is 32.1. The van der Waals surface area contributed by atoms with Crippen molar-refractivity contribution in [2.45, 2.75) is 20.3 Å². The van der Waals surface area contributed by atoms with Crippen LogP contribution in [0.5, 0.6) is 0 Å². The molecule has 3 N–H and O–H groups in total. The number of hydrogen-bond donors (Lipinski definition) is 2. The van der Waals surface area contributed by atoms with Crippen molar-refractivity contribution < 1.29 is 0 Å². The largest absolute Gasteiger partial charge is 0.377 e. The van der Waals surface area contributed by atoms with Gasteiger partial charge in [-0.3, -0.25) is 0 Å². The van der Waals surface area contributed by atoms with E-state index < -0.39 is 0 Å². The van der Waals surface area contributed by atoms with Gasteiger partial charge in [-0.1, -0.05) is 6.92 Å². The first-order valence-electron chi connectivity index (χ1n) is 4.72. The molecule has 3 heteroatoms. The lowest BCUT2D eigenvalue weighted by molar-refractivity contribution is 0.561. The van der Waals surface area contributed by atoms with E-state index in [4.69, 9.17) is 5.73 Å². The van der Waals surface area contributed by atoms with Crippen LogP contribution in [0, 0.1) is 12.8 Å². The molecule has 1 atom stereocenters. The second-order valence-corrected chi connectivity index (χ2v) is 4.41. The monoisotopic (exact) mass is 198 g/mol. The molecule has 2 nitrogen and oxygen atoms in total. The minimum Gasteiger partial charge on any atom is -0.377 e. The lowest BCUT2D eigenvalue weighted by Gasteiger charge is -2.09. The van der Waals surface area contributed by atoms with E-state index in [0.29, 0.717) is 5.92 Å². The van der Waals surface area contributed by atoms with Crippen molar-refractivity contribution in [2.75, 3.05) is 18.4 Å². The predicted molar refractivity (Wildman–Crippen MR) is 60.4 cm³/mol. The molecular weight excluding hydrogens is 180 g/mol. The Bertz CT molecular complexity index is 245. The number of thiophene rings is 1. The van der Waals surface area contributed by atoms with Crippen molar-refractivity contribution in [3.05, 3.63) is 17.0 Å². The summed E-state index contributed by atoms with van der Waals surface area (Å²) in [7, 11) is 0. The molecule has 0 bridgehead atoms. The summed E-state index contributed by atoms with van der Waals surface area (Å²) in [5.74, 6) is 0.618. The van der Waals surface area contributed by atoms with Crippen LogP contribution < -0.4 is 11.1 Å². The van der Waals surface area contributed by atoms with Crippen molar-refractivity contribution in [1.29, 1.82) is 0 Å². The van der Waals surface area contributed by atoms with Crippen LogP contribution in [0.25, 0.3) is 0 Å². The molecule has 0 saturated heterocycles. The summed E-state index contributed by atoms with van der Waals surface area (Å²) >= 11 is 1.77. The fourth-order valence-electron chi connectivity index (χ4n) is 1.10. The molecule has 0 saturated carbocycles. The topological polar surface area (TPSA) is 38.0 Å². The number of rotatable bonds is 5. The van der Waals surface area contributed by atoms with E-state index in [-0.39, 0.29) is 0 Å². The predicted octanol–water partition coefficient (Wildman–Crippen LogP) is 2.45. The minimum absolute atomic E-state index is 0.618. The molecule has 0 fully saturated rings. The smallest absolute Gasteiger partial charge is 0.0912 e. The van der Waals surface area contributed by atoms with Gasteiger partial charge < -0.3 is 11.1 Å². The summed E-state index contributed by atoms with van der Waals surface area (Å²) in [5.41, 5.74) is 6.87. The standard InChI is InChI=1S/C10H18N2S/c1-8(7-11)3-5-12-10-9(2)4-6-13-10/h4,6,8,12H,3,5,7,11H2,1-2H3. The van der Waals surface area contributed by atoms with Gasteiger partial charge in [-0.25, -0.2) is 0 Å². The van der Waals surface area contributed by atoms with Gasteiger partial charge in [-0.2, -0.15) is 0 Å². The maximum absolute atomic E-state index is 5.54. The minimum atomic E-state index is 0.618. The molecule has 13 heavy (non-hydrogen) atoms. The molecule has 0 spiro atoms. The van der Waals surface area contributed by atoms with Gasteiger partial charge in [0.15, 0.2) is 0 Å². The third-order valence-corrected chi connectivity index (χ3v) is 3.16. The summed E-state index contributed by atoms with van der Waals surface area (Å²) in [4.78, 5) is 0. The Morgan fingerprint density at radius 1 is 1.62 bits per heavy atom. The maximum atomic E-state index is 5.54. The first kappa shape index (κ1) is 10.5. The molecule has 0 aliphatic rings. The molecular formula is C10H18N2S. The highest BCUT2D eigenvalue weighted by Gasteiger charge is 2.00. The normalized spacial score (nSPS) is 12.8. The fraction of sp³-hybridized carbons (Fsp3) is 0.600. The highest BCUT2D eigenvalue weighted by Crippen LogP contribution is 2.21. The molecule has 1 heterocycles.